The van der Waals surface area contributed by atoms with E-state index in [0.29, 0.717) is 35.5 Å². The molecule has 142 valence electrons. The lowest BCUT2D eigenvalue weighted by atomic mass is 9.96. The molecule has 0 bridgehead atoms. The maximum Gasteiger partial charge on any atom is 0.435 e. The molecule has 5 nitrogen and oxygen atoms in total. The third-order valence-electron chi connectivity index (χ3n) is 5.10. The van der Waals surface area contributed by atoms with Gasteiger partial charge in [0.2, 0.25) is 5.91 Å². The predicted molar refractivity (Wildman–Crippen MR) is 93.6 cm³/mol. The van der Waals surface area contributed by atoms with E-state index in [1.54, 1.807) is 0 Å². The number of anilines is 1. The first-order valence-electron chi connectivity index (χ1n) is 8.88. The van der Waals surface area contributed by atoms with Gasteiger partial charge in [-0.2, -0.15) is 23.5 Å². The number of carbonyl (C=O) groups is 1. The Morgan fingerprint density at radius 1 is 1.19 bits per heavy atom. The highest BCUT2D eigenvalue weighted by molar-refractivity contribution is 7.16. The number of aromatic nitrogens is 2. The first kappa shape index (κ1) is 18.0. The van der Waals surface area contributed by atoms with Crippen molar-refractivity contribution in [3.8, 4) is 6.07 Å². The zero-order valence-corrected chi connectivity index (χ0v) is 15.3. The molecule has 0 radical (unpaired) electrons. The molecule has 1 amide bonds. The van der Waals surface area contributed by atoms with Crippen LogP contribution < -0.4 is 5.32 Å². The summed E-state index contributed by atoms with van der Waals surface area (Å²) in [7, 11) is 0. The van der Waals surface area contributed by atoms with Gasteiger partial charge in [-0.15, -0.1) is 11.3 Å². The highest BCUT2D eigenvalue weighted by atomic mass is 32.1. The predicted octanol–water partition coefficient (Wildman–Crippen LogP) is 3.84. The van der Waals surface area contributed by atoms with Crippen molar-refractivity contribution in [2.75, 3.05) is 5.32 Å². The molecule has 1 N–H and O–H groups in total. The third kappa shape index (κ3) is 3.23. The zero-order valence-electron chi connectivity index (χ0n) is 14.4. The number of nitrogens with one attached hydrogen (secondary N) is 1. The number of thiophene rings is 1. The number of rotatable bonds is 3. The molecule has 2 aromatic rings. The number of hydrogen-bond acceptors (Lipinski definition) is 4. The monoisotopic (exact) mass is 394 g/mol. The molecule has 0 aromatic carbocycles. The van der Waals surface area contributed by atoms with Crippen LogP contribution in [-0.4, -0.2) is 15.7 Å². The molecule has 2 aliphatic carbocycles. The highest BCUT2D eigenvalue weighted by Gasteiger charge is 2.40. The highest BCUT2D eigenvalue weighted by Crippen LogP contribution is 2.38. The lowest BCUT2D eigenvalue weighted by Gasteiger charge is -2.09. The Labute approximate surface area is 157 Å². The summed E-state index contributed by atoms with van der Waals surface area (Å²) in [4.78, 5) is 13.6. The van der Waals surface area contributed by atoms with Gasteiger partial charge in [0, 0.05) is 16.1 Å². The van der Waals surface area contributed by atoms with Crippen LogP contribution in [-0.2, 0) is 43.2 Å². The Kier molecular flexibility index (Phi) is 4.46. The standard InChI is InChI=1S/C18H17F3N4OS/c19-18(20,21)16-11-5-3-6-13(11)25(24-16)9-15(26)23-17-12(8-22)10-4-1-2-7-14(10)27-17/h1-7,9H2,(H,23,26). The largest absolute Gasteiger partial charge is 0.435 e. The van der Waals surface area contributed by atoms with Crippen molar-refractivity contribution < 1.29 is 18.0 Å². The van der Waals surface area contributed by atoms with Crippen molar-refractivity contribution in [1.82, 2.24) is 9.78 Å². The van der Waals surface area contributed by atoms with E-state index in [2.05, 4.69) is 16.5 Å². The van der Waals surface area contributed by atoms with E-state index in [1.165, 1.54) is 16.0 Å². The van der Waals surface area contributed by atoms with E-state index in [4.69, 9.17) is 0 Å². The van der Waals surface area contributed by atoms with E-state index in [1.807, 2.05) is 0 Å². The number of alkyl halides is 3. The fourth-order valence-electron chi connectivity index (χ4n) is 3.94. The van der Waals surface area contributed by atoms with Crippen molar-refractivity contribution in [3.05, 3.63) is 33.0 Å². The summed E-state index contributed by atoms with van der Waals surface area (Å²) >= 11 is 1.40. The van der Waals surface area contributed by atoms with Crippen LogP contribution in [0.3, 0.4) is 0 Å². The number of hydrogen-bond donors (Lipinski definition) is 1. The van der Waals surface area contributed by atoms with Gasteiger partial charge in [0.25, 0.3) is 0 Å². The quantitative estimate of drug-likeness (QED) is 0.860. The number of amides is 1. The second kappa shape index (κ2) is 6.68. The van der Waals surface area contributed by atoms with Crippen LogP contribution in [0.15, 0.2) is 0 Å². The third-order valence-corrected chi connectivity index (χ3v) is 6.31. The van der Waals surface area contributed by atoms with Gasteiger partial charge in [0.05, 0.1) is 5.56 Å². The van der Waals surface area contributed by atoms with Gasteiger partial charge in [-0.05, 0) is 50.5 Å². The van der Waals surface area contributed by atoms with Gasteiger partial charge in [-0.3, -0.25) is 9.48 Å². The first-order valence-corrected chi connectivity index (χ1v) is 9.70. The van der Waals surface area contributed by atoms with Gasteiger partial charge in [-0.25, -0.2) is 0 Å². The molecule has 27 heavy (non-hydrogen) atoms. The molecule has 2 aromatic heterocycles. The summed E-state index contributed by atoms with van der Waals surface area (Å²) in [5.41, 5.74) is 1.31. The Bertz CT molecular complexity index is 951. The minimum absolute atomic E-state index is 0.208. The van der Waals surface area contributed by atoms with Gasteiger partial charge in [0.15, 0.2) is 5.69 Å². The number of carbonyl (C=O) groups excluding carboxylic acids is 1. The van der Waals surface area contributed by atoms with E-state index in [0.717, 1.165) is 36.1 Å². The van der Waals surface area contributed by atoms with Crippen LogP contribution in [0.2, 0.25) is 0 Å². The summed E-state index contributed by atoms with van der Waals surface area (Å²) in [5, 5.41) is 16.3. The van der Waals surface area contributed by atoms with E-state index >= 15 is 0 Å². The van der Waals surface area contributed by atoms with Gasteiger partial charge >= 0.3 is 6.18 Å². The molecule has 0 spiro atoms. The number of fused-ring (bicyclic) bond motifs is 2. The number of nitrogens with zero attached hydrogens (tertiary/aromatic N) is 3. The molecule has 0 saturated carbocycles. The Morgan fingerprint density at radius 2 is 1.93 bits per heavy atom. The second-order valence-electron chi connectivity index (χ2n) is 6.86. The fourth-order valence-corrected chi connectivity index (χ4v) is 5.20. The van der Waals surface area contributed by atoms with Crippen LogP contribution in [0.1, 0.15) is 52.2 Å². The van der Waals surface area contributed by atoms with Crippen LogP contribution in [0, 0.1) is 11.3 Å². The average molecular weight is 394 g/mol. The smallest absolute Gasteiger partial charge is 0.315 e. The minimum Gasteiger partial charge on any atom is -0.315 e. The maximum absolute atomic E-state index is 13.2. The number of halogens is 3. The summed E-state index contributed by atoms with van der Waals surface area (Å²) in [6, 6.07) is 2.16. The van der Waals surface area contributed by atoms with Gasteiger partial charge < -0.3 is 5.32 Å². The summed E-state index contributed by atoms with van der Waals surface area (Å²) < 4.78 is 40.6. The van der Waals surface area contributed by atoms with Crippen LogP contribution in [0.4, 0.5) is 18.2 Å². The Hall–Kier alpha value is -2.34. The van der Waals surface area contributed by atoms with E-state index < -0.39 is 17.8 Å². The summed E-state index contributed by atoms with van der Waals surface area (Å²) in [5.74, 6) is -0.462. The van der Waals surface area contributed by atoms with Crippen molar-refractivity contribution in [3.63, 3.8) is 0 Å². The van der Waals surface area contributed by atoms with Crippen LogP contribution >= 0.6 is 11.3 Å². The van der Waals surface area contributed by atoms with Crippen molar-refractivity contribution in [2.24, 2.45) is 0 Å². The van der Waals surface area contributed by atoms with Crippen molar-refractivity contribution in [1.29, 1.82) is 5.26 Å². The first-order chi connectivity index (χ1) is 12.9. The molecule has 0 unspecified atom stereocenters. The number of nitriles is 1. The topological polar surface area (TPSA) is 70.7 Å². The molecule has 0 atom stereocenters. The molecule has 9 heteroatoms. The van der Waals surface area contributed by atoms with E-state index in [9.17, 15) is 23.2 Å². The molecule has 0 aliphatic heterocycles. The zero-order chi connectivity index (χ0) is 19.2. The molecule has 4 rings (SSSR count). The molecular formula is C18H17F3N4OS. The lowest BCUT2D eigenvalue weighted by Crippen LogP contribution is -2.21. The average Bonchev–Trinajstić information content (AvgIpc) is 3.28. The second-order valence-corrected chi connectivity index (χ2v) is 7.96. The molecule has 2 aliphatic rings. The van der Waals surface area contributed by atoms with E-state index in [-0.39, 0.29) is 12.1 Å². The maximum atomic E-state index is 13.2. The Morgan fingerprint density at radius 3 is 2.67 bits per heavy atom. The normalized spacial score (nSPS) is 15.9. The van der Waals surface area contributed by atoms with Gasteiger partial charge in [0.1, 0.15) is 17.6 Å². The van der Waals surface area contributed by atoms with Gasteiger partial charge in [-0.1, -0.05) is 0 Å². The van der Waals surface area contributed by atoms with Crippen molar-refractivity contribution in [2.45, 2.75) is 57.7 Å². The molecule has 0 fully saturated rings. The SMILES string of the molecule is N#Cc1c(NC(=O)Cn2nc(C(F)(F)F)c3c2CCC3)sc2c1CCCC2. The summed E-state index contributed by atoms with van der Waals surface area (Å²) in [6.45, 7) is -0.286. The molecule has 2 heterocycles. The lowest BCUT2D eigenvalue weighted by molar-refractivity contribution is -0.142. The number of aryl methyl sites for hydroxylation is 1. The fraction of sp³-hybridized carbons (Fsp3) is 0.500. The Balaban J connectivity index is 1.56. The van der Waals surface area contributed by atoms with Crippen LogP contribution in [0.5, 0.6) is 0 Å². The minimum atomic E-state index is -4.52. The molecule has 0 saturated heterocycles. The molecular weight excluding hydrogens is 377 g/mol. The van der Waals surface area contributed by atoms with Crippen molar-refractivity contribution >= 4 is 22.2 Å². The summed E-state index contributed by atoms with van der Waals surface area (Å²) in [6.07, 6.45) is 0.741. The van der Waals surface area contributed by atoms with Crippen LogP contribution in [0.25, 0.3) is 0 Å².